The van der Waals surface area contributed by atoms with Crippen LogP contribution in [0.2, 0.25) is 0 Å². The molecule has 2 aliphatic carbocycles. The number of carbonyl (C=O) groups is 1. The quantitative estimate of drug-likeness (QED) is 0.275. The van der Waals surface area contributed by atoms with Gasteiger partial charge in [-0.1, -0.05) is 83.5 Å². The van der Waals surface area contributed by atoms with Crippen molar-refractivity contribution in [3.05, 3.63) is 77.1 Å². The molecule has 0 aromatic heterocycles. The van der Waals surface area contributed by atoms with E-state index in [1.807, 2.05) is 12.1 Å². The van der Waals surface area contributed by atoms with Crippen molar-refractivity contribution < 1.29 is 28.8 Å². The molecule has 0 radical (unpaired) electrons. The second kappa shape index (κ2) is 11.7. The lowest BCUT2D eigenvalue weighted by atomic mass is 9.64. The zero-order chi connectivity index (χ0) is 31.3. The Balaban J connectivity index is 1.31. The first-order valence-corrected chi connectivity index (χ1v) is 16.1. The molecule has 0 amide bonds. The van der Waals surface area contributed by atoms with Crippen LogP contribution in [0.1, 0.15) is 77.3 Å². The van der Waals surface area contributed by atoms with Crippen LogP contribution < -0.4 is 14.2 Å². The van der Waals surface area contributed by atoms with Gasteiger partial charge in [-0.2, -0.15) is 0 Å². The second-order valence-electron chi connectivity index (χ2n) is 14.0. The smallest absolute Gasteiger partial charge is 0.337 e. The predicted molar refractivity (Wildman–Crippen MR) is 173 cm³/mol. The number of fused-ring (bicyclic) bond motifs is 4. The highest BCUT2D eigenvalue weighted by atomic mass is 16.5. The van der Waals surface area contributed by atoms with Gasteiger partial charge in [0.2, 0.25) is 0 Å². The number of benzene rings is 3. The fourth-order valence-electron chi connectivity index (χ4n) is 8.09. The van der Waals surface area contributed by atoms with Crippen molar-refractivity contribution in [3.8, 4) is 17.2 Å². The lowest BCUT2D eigenvalue weighted by Crippen LogP contribution is -2.44. The van der Waals surface area contributed by atoms with Crippen molar-refractivity contribution in [2.75, 3.05) is 14.2 Å². The van der Waals surface area contributed by atoms with Crippen LogP contribution in [0.15, 0.2) is 65.9 Å². The molecule has 3 aromatic rings. The van der Waals surface area contributed by atoms with E-state index in [9.17, 15) is 9.90 Å². The van der Waals surface area contributed by atoms with E-state index in [0.29, 0.717) is 35.2 Å². The van der Waals surface area contributed by atoms with Crippen molar-refractivity contribution >= 4 is 16.7 Å². The molecule has 0 spiro atoms. The van der Waals surface area contributed by atoms with E-state index < -0.39 is 12.1 Å². The molecule has 1 saturated carbocycles. The summed E-state index contributed by atoms with van der Waals surface area (Å²) in [6, 6.07) is 18.8. The van der Waals surface area contributed by atoms with E-state index in [4.69, 9.17) is 18.9 Å². The van der Waals surface area contributed by atoms with E-state index in [-0.39, 0.29) is 40.9 Å². The summed E-state index contributed by atoms with van der Waals surface area (Å²) in [5.74, 6) is 2.21. The summed E-state index contributed by atoms with van der Waals surface area (Å²) < 4.78 is 24.0. The van der Waals surface area contributed by atoms with Gasteiger partial charge in [-0.05, 0) is 58.8 Å². The maximum Gasteiger partial charge on any atom is 0.337 e. The molecule has 3 aliphatic rings. The highest BCUT2D eigenvalue weighted by molar-refractivity contribution is 5.90. The maximum atomic E-state index is 14.1. The van der Waals surface area contributed by atoms with Crippen LogP contribution in [0.25, 0.3) is 10.8 Å². The summed E-state index contributed by atoms with van der Waals surface area (Å²) in [6.45, 7) is 11.1. The van der Waals surface area contributed by atoms with Crippen LogP contribution in [0.3, 0.4) is 0 Å². The second-order valence-corrected chi connectivity index (χ2v) is 14.0. The van der Waals surface area contributed by atoms with E-state index >= 15 is 0 Å². The van der Waals surface area contributed by atoms with Crippen molar-refractivity contribution in [3.63, 3.8) is 0 Å². The standard InChI is InChI=1S/C38H46O6/c1-21(2)27-20-28(35(39)36-33(27)34-31(42-7)18-26(41-6)19-32(34)43-36)37(40)44-30-16-22(3)12-15-29(30)38(4,5)25-14-13-23-10-8-9-11-24(23)17-25/h8-11,13-14,17-19,21-22,27,29-30,33,36,39H,12,15-16,20H2,1-7H3/t22-,27-,29-,30-,33+,36-/m0/s1. The molecule has 6 atom stereocenters. The molecule has 6 heteroatoms. The van der Waals surface area contributed by atoms with Crippen molar-refractivity contribution in [1.29, 1.82) is 0 Å². The molecule has 0 bridgehead atoms. The lowest BCUT2D eigenvalue weighted by Gasteiger charge is -2.44. The number of rotatable bonds is 7. The van der Waals surface area contributed by atoms with Crippen LogP contribution in [0.5, 0.6) is 17.2 Å². The molecule has 234 valence electrons. The minimum absolute atomic E-state index is 0.0247. The van der Waals surface area contributed by atoms with Gasteiger partial charge in [0.05, 0.1) is 19.8 Å². The predicted octanol–water partition coefficient (Wildman–Crippen LogP) is 8.52. The molecule has 1 heterocycles. The number of hydrogen-bond donors (Lipinski definition) is 1. The zero-order valence-electron chi connectivity index (χ0n) is 27.1. The zero-order valence-corrected chi connectivity index (χ0v) is 27.1. The van der Waals surface area contributed by atoms with E-state index in [2.05, 4.69) is 77.1 Å². The summed E-state index contributed by atoms with van der Waals surface area (Å²) >= 11 is 0. The molecule has 44 heavy (non-hydrogen) atoms. The van der Waals surface area contributed by atoms with Gasteiger partial charge in [0.1, 0.15) is 29.1 Å². The van der Waals surface area contributed by atoms with Crippen molar-refractivity contribution in [2.45, 2.75) is 83.8 Å². The van der Waals surface area contributed by atoms with Crippen LogP contribution >= 0.6 is 0 Å². The van der Waals surface area contributed by atoms with Crippen LogP contribution in [-0.4, -0.2) is 37.5 Å². The van der Waals surface area contributed by atoms with E-state index in [1.54, 1.807) is 14.2 Å². The third-order valence-electron chi connectivity index (χ3n) is 10.8. The average molecular weight is 599 g/mol. The third kappa shape index (κ3) is 5.20. The number of ether oxygens (including phenoxy) is 4. The van der Waals surface area contributed by atoms with Gasteiger partial charge in [0.25, 0.3) is 0 Å². The fourth-order valence-corrected chi connectivity index (χ4v) is 8.09. The first kappa shape index (κ1) is 30.4. The van der Waals surface area contributed by atoms with Gasteiger partial charge in [-0.3, -0.25) is 0 Å². The van der Waals surface area contributed by atoms with Crippen molar-refractivity contribution in [1.82, 2.24) is 0 Å². The maximum absolute atomic E-state index is 14.1. The van der Waals surface area contributed by atoms with Gasteiger partial charge in [0.15, 0.2) is 6.10 Å². The highest BCUT2D eigenvalue weighted by Gasteiger charge is 2.51. The Morgan fingerprint density at radius 3 is 2.45 bits per heavy atom. The SMILES string of the molecule is COc1cc(OC)c2c(c1)O[C@@H]1C(O)=C(C(=O)O[C@H]3C[C@@H](C)CC[C@@H]3C(C)(C)c3ccc4ccccc4c3)C[C@@H](C(C)C)[C@H]21. The molecule has 1 fully saturated rings. The molecular weight excluding hydrogens is 552 g/mol. The van der Waals surface area contributed by atoms with Gasteiger partial charge in [-0.15, -0.1) is 0 Å². The van der Waals surface area contributed by atoms with Crippen molar-refractivity contribution in [2.24, 2.45) is 23.7 Å². The normalized spacial score (nSPS) is 26.6. The molecule has 1 aliphatic heterocycles. The molecule has 3 aromatic carbocycles. The fraction of sp³-hybridized carbons (Fsp3) is 0.500. The number of esters is 1. The Kier molecular flexibility index (Phi) is 8.06. The first-order chi connectivity index (χ1) is 21.0. The Hall–Kier alpha value is -3.67. The number of hydrogen-bond acceptors (Lipinski definition) is 6. The largest absolute Gasteiger partial charge is 0.508 e. The lowest BCUT2D eigenvalue weighted by molar-refractivity contribution is -0.152. The monoisotopic (exact) mass is 598 g/mol. The molecular formula is C38H46O6. The van der Waals surface area contributed by atoms with Gasteiger partial charge in [0, 0.05) is 29.5 Å². The number of carbonyl (C=O) groups excluding carboxylic acids is 1. The summed E-state index contributed by atoms with van der Waals surface area (Å²) in [7, 11) is 3.24. The summed E-state index contributed by atoms with van der Waals surface area (Å²) in [5, 5.41) is 14.1. The molecule has 6 nitrogen and oxygen atoms in total. The minimum Gasteiger partial charge on any atom is -0.508 e. The number of methoxy groups -OCH3 is 2. The van der Waals surface area contributed by atoms with E-state index in [0.717, 1.165) is 24.8 Å². The van der Waals surface area contributed by atoms with Crippen LogP contribution in [0, 0.1) is 23.7 Å². The Bertz CT molecular complexity index is 1590. The molecule has 0 saturated heterocycles. The van der Waals surface area contributed by atoms with Gasteiger partial charge < -0.3 is 24.1 Å². The first-order valence-electron chi connectivity index (χ1n) is 16.1. The summed E-state index contributed by atoms with van der Waals surface area (Å²) in [5.41, 5.74) is 2.30. The van der Waals surface area contributed by atoms with Crippen LogP contribution in [-0.2, 0) is 14.9 Å². The van der Waals surface area contributed by atoms with Crippen LogP contribution in [0.4, 0.5) is 0 Å². The molecule has 6 rings (SSSR count). The summed E-state index contributed by atoms with van der Waals surface area (Å²) in [4.78, 5) is 14.1. The average Bonchev–Trinajstić information content (AvgIpc) is 3.40. The van der Waals surface area contributed by atoms with E-state index in [1.165, 1.54) is 16.3 Å². The minimum atomic E-state index is -0.676. The summed E-state index contributed by atoms with van der Waals surface area (Å²) in [6.07, 6.45) is 2.37. The Morgan fingerprint density at radius 2 is 1.75 bits per heavy atom. The number of aliphatic hydroxyl groups excluding tert-OH is 1. The van der Waals surface area contributed by atoms with Gasteiger partial charge in [-0.25, -0.2) is 4.79 Å². The topological polar surface area (TPSA) is 74.2 Å². The highest BCUT2D eigenvalue weighted by Crippen LogP contribution is 2.56. The molecule has 1 N–H and O–H groups in total. The Labute approximate surface area is 261 Å². The third-order valence-corrected chi connectivity index (χ3v) is 10.8. The Morgan fingerprint density at radius 1 is 1.00 bits per heavy atom. The van der Waals surface area contributed by atoms with Gasteiger partial charge >= 0.3 is 5.97 Å². The molecule has 0 unspecified atom stereocenters. The number of aliphatic hydroxyl groups is 1.